The standard InChI is InChI=1S/C63H114O6/c1-4-7-10-13-16-19-22-23-24-25-26-27-28-29-30-31-32-33-34-35-36-37-38-39-42-44-47-50-53-56-62(65)68-59-60(69-63(66)57-54-51-48-45-41-21-18-15-12-9-6-3)58-67-61(64)55-52-49-46-43-40-20-17-14-11-8-5-2/h14-15,17-18,22-23,25-26,60H,4-13,16,19-21,24,27-59H2,1-3H3/b17-14-,18-15-,23-22-,26-25-. The van der Waals surface area contributed by atoms with E-state index in [1.54, 1.807) is 0 Å². The predicted octanol–water partition coefficient (Wildman–Crippen LogP) is 20.2. The van der Waals surface area contributed by atoms with Gasteiger partial charge in [-0.1, -0.05) is 256 Å². The molecule has 402 valence electrons. The van der Waals surface area contributed by atoms with Crippen molar-refractivity contribution < 1.29 is 28.6 Å². The molecule has 0 radical (unpaired) electrons. The van der Waals surface area contributed by atoms with Crippen LogP contribution in [0.1, 0.15) is 316 Å². The first kappa shape index (κ1) is 66.4. The summed E-state index contributed by atoms with van der Waals surface area (Å²) in [6.45, 7) is 6.56. The summed E-state index contributed by atoms with van der Waals surface area (Å²) < 4.78 is 16.8. The van der Waals surface area contributed by atoms with E-state index in [0.29, 0.717) is 19.3 Å². The second kappa shape index (κ2) is 57.9. The van der Waals surface area contributed by atoms with E-state index < -0.39 is 6.10 Å². The number of hydrogen-bond donors (Lipinski definition) is 0. The first-order chi connectivity index (χ1) is 34.0. The van der Waals surface area contributed by atoms with Gasteiger partial charge in [0.25, 0.3) is 0 Å². The molecule has 0 bridgehead atoms. The Morgan fingerprint density at radius 2 is 0.536 bits per heavy atom. The van der Waals surface area contributed by atoms with Crippen LogP contribution in [0.2, 0.25) is 0 Å². The van der Waals surface area contributed by atoms with Crippen LogP contribution in [0.3, 0.4) is 0 Å². The Labute approximate surface area is 428 Å². The van der Waals surface area contributed by atoms with Gasteiger partial charge in [0.1, 0.15) is 13.2 Å². The summed E-state index contributed by atoms with van der Waals surface area (Å²) >= 11 is 0. The van der Waals surface area contributed by atoms with Crippen LogP contribution in [0, 0.1) is 0 Å². The van der Waals surface area contributed by atoms with Crippen molar-refractivity contribution in [2.24, 2.45) is 0 Å². The highest BCUT2D eigenvalue weighted by molar-refractivity contribution is 5.71. The van der Waals surface area contributed by atoms with E-state index in [-0.39, 0.29) is 31.1 Å². The summed E-state index contributed by atoms with van der Waals surface area (Å²) in [5, 5.41) is 0. The number of rotatable bonds is 55. The van der Waals surface area contributed by atoms with Crippen molar-refractivity contribution in [3.8, 4) is 0 Å². The summed E-state index contributed by atoms with van der Waals surface area (Å²) in [6.07, 6.45) is 71.3. The average molecular weight is 968 g/mol. The van der Waals surface area contributed by atoms with Crippen LogP contribution in [0.15, 0.2) is 48.6 Å². The summed E-state index contributed by atoms with van der Waals surface area (Å²) in [5.41, 5.74) is 0. The number of ether oxygens (including phenoxy) is 3. The molecule has 0 N–H and O–H groups in total. The van der Waals surface area contributed by atoms with Crippen molar-refractivity contribution >= 4 is 17.9 Å². The van der Waals surface area contributed by atoms with Gasteiger partial charge in [-0.05, 0) is 89.9 Å². The molecular formula is C63H114O6. The maximum Gasteiger partial charge on any atom is 0.306 e. The van der Waals surface area contributed by atoms with Crippen molar-refractivity contribution in [3.05, 3.63) is 48.6 Å². The smallest absolute Gasteiger partial charge is 0.306 e. The van der Waals surface area contributed by atoms with Gasteiger partial charge in [-0.15, -0.1) is 0 Å². The summed E-state index contributed by atoms with van der Waals surface area (Å²) in [5.74, 6) is -0.885. The molecule has 1 atom stereocenters. The van der Waals surface area contributed by atoms with Crippen molar-refractivity contribution in [2.75, 3.05) is 13.2 Å². The highest BCUT2D eigenvalue weighted by Gasteiger charge is 2.19. The van der Waals surface area contributed by atoms with Gasteiger partial charge in [-0.2, -0.15) is 0 Å². The first-order valence-corrected chi connectivity index (χ1v) is 30.1. The quantitative estimate of drug-likeness (QED) is 0.0262. The van der Waals surface area contributed by atoms with Gasteiger partial charge >= 0.3 is 17.9 Å². The summed E-state index contributed by atoms with van der Waals surface area (Å²) in [4.78, 5) is 38.0. The van der Waals surface area contributed by atoms with Gasteiger partial charge in [0.15, 0.2) is 6.10 Å². The molecular weight excluding hydrogens is 853 g/mol. The zero-order chi connectivity index (χ0) is 50.0. The van der Waals surface area contributed by atoms with Crippen molar-refractivity contribution in [1.82, 2.24) is 0 Å². The third-order valence-electron chi connectivity index (χ3n) is 13.3. The zero-order valence-electron chi connectivity index (χ0n) is 46.1. The van der Waals surface area contributed by atoms with Gasteiger partial charge in [0.05, 0.1) is 0 Å². The number of hydrogen-bond acceptors (Lipinski definition) is 6. The molecule has 0 heterocycles. The lowest BCUT2D eigenvalue weighted by molar-refractivity contribution is -0.167. The van der Waals surface area contributed by atoms with Crippen molar-refractivity contribution in [2.45, 2.75) is 322 Å². The second-order valence-electron chi connectivity index (χ2n) is 20.2. The first-order valence-electron chi connectivity index (χ1n) is 30.1. The molecule has 6 nitrogen and oxygen atoms in total. The fraction of sp³-hybridized carbons (Fsp3) is 0.825. The number of allylic oxidation sites excluding steroid dienone is 8. The van der Waals surface area contributed by atoms with Crippen LogP contribution in [0.5, 0.6) is 0 Å². The average Bonchev–Trinajstić information content (AvgIpc) is 3.35. The molecule has 6 heteroatoms. The Bertz CT molecular complexity index is 1200. The third-order valence-corrected chi connectivity index (χ3v) is 13.3. The second-order valence-corrected chi connectivity index (χ2v) is 20.2. The molecule has 0 aliphatic heterocycles. The molecule has 0 aliphatic carbocycles. The van der Waals surface area contributed by atoms with Gasteiger partial charge < -0.3 is 14.2 Å². The van der Waals surface area contributed by atoms with Crippen LogP contribution in [0.25, 0.3) is 0 Å². The lowest BCUT2D eigenvalue weighted by Gasteiger charge is -2.18. The minimum absolute atomic E-state index is 0.0766. The highest BCUT2D eigenvalue weighted by atomic mass is 16.6. The van der Waals surface area contributed by atoms with Gasteiger partial charge in [0, 0.05) is 19.3 Å². The van der Waals surface area contributed by atoms with Gasteiger partial charge in [0.2, 0.25) is 0 Å². The Hall–Kier alpha value is -2.63. The molecule has 0 saturated heterocycles. The van der Waals surface area contributed by atoms with E-state index in [1.807, 2.05) is 0 Å². The fourth-order valence-corrected chi connectivity index (χ4v) is 8.67. The molecule has 0 aromatic rings. The Balaban J connectivity index is 4.08. The molecule has 0 aromatic carbocycles. The van der Waals surface area contributed by atoms with E-state index in [1.165, 1.54) is 193 Å². The number of esters is 3. The van der Waals surface area contributed by atoms with Crippen LogP contribution < -0.4 is 0 Å². The van der Waals surface area contributed by atoms with Crippen molar-refractivity contribution in [3.63, 3.8) is 0 Å². The van der Waals surface area contributed by atoms with Crippen LogP contribution in [-0.4, -0.2) is 37.2 Å². The Kier molecular flexibility index (Phi) is 55.7. The maximum atomic E-state index is 12.8. The van der Waals surface area contributed by atoms with Gasteiger partial charge in [-0.25, -0.2) is 0 Å². The molecule has 0 amide bonds. The Morgan fingerprint density at radius 1 is 0.290 bits per heavy atom. The van der Waals surface area contributed by atoms with Gasteiger partial charge in [-0.3, -0.25) is 14.4 Å². The summed E-state index contributed by atoms with van der Waals surface area (Å²) in [6, 6.07) is 0. The van der Waals surface area contributed by atoms with E-state index >= 15 is 0 Å². The number of unbranched alkanes of at least 4 members (excludes halogenated alkanes) is 36. The SMILES string of the molecule is CCCC/C=C\CCCCCCCC(=O)OCC(COC(=O)CCCCCCCCCCCCCCCCCCC/C=C\C/C=C\CCCCCCC)OC(=O)CCCCCCC/C=C\CCCC. The lowest BCUT2D eigenvalue weighted by atomic mass is 10.0. The molecule has 0 aliphatic rings. The molecule has 0 rings (SSSR count). The molecule has 0 saturated carbocycles. The minimum Gasteiger partial charge on any atom is -0.462 e. The zero-order valence-corrected chi connectivity index (χ0v) is 46.1. The summed E-state index contributed by atoms with van der Waals surface area (Å²) in [7, 11) is 0. The number of carbonyl (C=O) groups excluding carboxylic acids is 3. The monoisotopic (exact) mass is 967 g/mol. The van der Waals surface area contributed by atoms with Crippen LogP contribution in [-0.2, 0) is 28.6 Å². The third kappa shape index (κ3) is 56.2. The Morgan fingerprint density at radius 3 is 0.855 bits per heavy atom. The highest BCUT2D eigenvalue weighted by Crippen LogP contribution is 2.17. The number of carbonyl (C=O) groups is 3. The molecule has 0 fully saturated rings. The minimum atomic E-state index is -0.777. The molecule has 1 unspecified atom stereocenters. The van der Waals surface area contributed by atoms with E-state index in [9.17, 15) is 14.4 Å². The topological polar surface area (TPSA) is 78.9 Å². The van der Waals surface area contributed by atoms with E-state index in [2.05, 4.69) is 69.4 Å². The molecule has 0 aromatic heterocycles. The maximum absolute atomic E-state index is 12.8. The lowest BCUT2D eigenvalue weighted by Crippen LogP contribution is -2.30. The molecule has 69 heavy (non-hydrogen) atoms. The fourth-order valence-electron chi connectivity index (χ4n) is 8.67. The molecule has 0 spiro atoms. The largest absolute Gasteiger partial charge is 0.462 e. The van der Waals surface area contributed by atoms with Crippen LogP contribution in [0.4, 0.5) is 0 Å². The van der Waals surface area contributed by atoms with Crippen molar-refractivity contribution in [1.29, 1.82) is 0 Å². The predicted molar refractivity (Wildman–Crippen MR) is 298 cm³/mol. The van der Waals surface area contributed by atoms with E-state index in [4.69, 9.17) is 14.2 Å². The van der Waals surface area contributed by atoms with Crippen LogP contribution >= 0.6 is 0 Å². The normalized spacial score (nSPS) is 12.3. The van der Waals surface area contributed by atoms with E-state index in [0.717, 1.165) is 83.5 Å².